The second-order valence-corrected chi connectivity index (χ2v) is 13.5. The summed E-state index contributed by atoms with van der Waals surface area (Å²) in [5, 5.41) is 6.26. The van der Waals surface area contributed by atoms with Crippen LogP contribution in [0.1, 0.15) is 6.85 Å². The van der Waals surface area contributed by atoms with E-state index in [9.17, 15) is 0 Å². The molecule has 0 N–H and O–H groups in total. The molecule has 0 fully saturated rings. The molecule has 5 nitrogen and oxygen atoms in total. The Bertz CT molecular complexity index is 3380. The fraction of sp³-hybridized carbons (Fsp3) is 0. The van der Waals surface area contributed by atoms with E-state index in [4.69, 9.17) is 26.2 Å². The van der Waals surface area contributed by atoms with Crippen molar-refractivity contribution in [1.82, 2.24) is 19.5 Å². The van der Waals surface area contributed by atoms with Gasteiger partial charge in [0.2, 0.25) is 0 Å². The van der Waals surface area contributed by atoms with Gasteiger partial charge >= 0.3 is 0 Å². The van der Waals surface area contributed by atoms with E-state index in [-0.39, 0.29) is 23.5 Å². The maximum absolute atomic E-state index is 8.80. The zero-order chi connectivity index (χ0) is 37.8. The quantitative estimate of drug-likeness (QED) is 0.186. The molecule has 0 bridgehead atoms. The summed E-state index contributed by atoms with van der Waals surface area (Å²) in [6, 6.07) is 40.7. The van der Waals surface area contributed by atoms with Crippen LogP contribution in [0.3, 0.4) is 0 Å². The summed E-state index contributed by atoms with van der Waals surface area (Å²) in [7, 11) is 0. The Kier molecular flexibility index (Phi) is 5.08. The Balaban J connectivity index is 1.15. The van der Waals surface area contributed by atoms with Crippen molar-refractivity contribution in [3.63, 3.8) is 0 Å². The average molecular weight is 676 g/mol. The van der Waals surface area contributed by atoms with E-state index in [0.29, 0.717) is 22.8 Å². The van der Waals surface area contributed by atoms with Crippen LogP contribution < -0.4 is 0 Å². The first-order chi connectivity index (χ1) is 27.4. The Morgan fingerprint density at radius 2 is 1.18 bits per heavy atom. The third-order valence-electron chi connectivity index (χ3n) is 9.56. The first kappa shape index (κ1) is 23.7. The SMILES string of the molecule is [2H]c1c([2H])c([2H])c(-c2nc(-c3ccc4oc5c(-n6c7ccccc7c7ccccc76)cccc5c4c3)nc(-c3cccc4c3sc3ccccc34)n2)c([2H])c1[2H]. The average Bonchev–Trinajstić information content (AvgIpc) is 3.92. The second kappa shape index (κ2) is 10.9. The number of hydrogen-bond acceptors (Lipinski definition) is 5. The molecule has 4 heterocycles. The van der Waals surface area contributed by atoms with Gasteiger partial charge in [-0.3, -0.25) is 0 Å². The molecule has 0 amide bonds. The van der Waals surface area contributed by atoms with E-state index >= 15 is 0 Å². The number of hydrogen-bond donors (Lipinski definition) is 0. The number of para-hydroxylation sites is 3. The van der Waals surface area contributed by atoms with Gasteiger partial charge in [0, 0.05) is 58.4 Å². The maximum Gasteiger partial charge on any atom is 0.165 e. The zero-order valence-corrected chi connectivity index (χ0v) is 27.5. The van der Waals surface area contributed by atoms with Gasteiger partial charge in [-0.15, -0.1) is 11.3 Å². The van der Waals surface area contributed by atoms with Crippen molar-refractivity contribution < 1.29 is 11.3 Å². The molecule has 0 saturated heterocycles. The van der Waals surface area contributed by atoms with Crippen molar-refractivity contribution in [1.29, 1.82) is 0 Å². The van der Waals surface area contributed by atoms with Gasteiger partial charge in [-0.1, -0.05) is 109 Å². The highest BCUT2D eigenvalue weighted by molar-refractivity contribution is 7.26. The number of thiophene rings is 1. The summed E-state index contributed by atoms with van der Waals surface area (Å²) in [5.74, 6) is 0.621. The minimum absolute atomic E-state index is 0.00841. The molecular weight excluding hydrogens is 645 g/mol. The van der Waals surface area contributed by atoms with Crippen molar-refractivity contribution in [3.05, 3.63) is 158 Å². The van der Waals surface area contributed by atoms with Gasteiger partial charge in [0.25, 0.3) is 0 Å². The molecule has 0 atom stereocenters. The summed E-state index contributed by atoms with van der Waals surface area (Å²) in [4.78, 5) is 14.7. The van der Waals surface area contributed by atoms with Crippen molar-refractivity contribution in [3.8, 4) is 39.9 Å². The highest BCUT2D eigenvalue weighted by atomic mass is 32.1. The van der Waals surface area contributed by atoms with Gasteiger partial charge in [-0.2, -0.15) is 0 Å². The second-order valence-electron chi connectivity index (χ2n) is 12.4. The number of benzene rings is 7. The Morgan fingerprint density at radius 3 is 1.98 bits per heavy atom. The lowest BCUT2D eigenvalue weighted by molar-refractivity contribution is 0.666. The monoisotopic (exact) mass is 675 g/mol. The molecule has 6 heteroatoms. The predicted molar refractivity (Wildman–Crippen MR) is 211 cm³/mol. The molecule has 7 aromatic carbocycles. The van der Waals surface area contributed by atoms with Crippen LogP contribution in [0.2, 0.25) is 0 Å². The summed E-state index contributed by atoms with van der Waals surface area (Å²) < 4.78 is 53.6. The molecule has 0 saturated carbocycles. The summed E-state index contributed by atoms with van der Waals surface area (Å²) >= 11 is 1.63. The summed E-state index contributed by atoms with van der Waals surface area (Å²) in [6.45, 7) is 0. The van der Waals surface area contributed by atoms with Gasteiger partial charge in [-0.05, 0) is 48.5 Å². The van der Waals surface area contributed by atoms with E-state index in [2.05, 4.69) is 65.2 Å². The number of nitrogens with zero attached hydrogens (tertiary/aromatic N) is 4. The maximum atomic E-state index is 8.80. The lowest BCUT2D eigenvalue weighted by atomic mass is 10.1. The third kappa shape index (κ3) is 4.30. The summed E-state index contributed by atoms with van der Waals surface area (Å²) in [6.07, 6.45) is 0. The zero-order valence-electron chi connectivity index (χ0n) is 31.7. The lowest BCUT2D eigenvalue weighted by Crippen LogP contribution is -2.00. The van der Waals surface area contributed by atoms with Gasteiger partial charge in [-0.25, -0.2) is 15.0 Å². The van der Waals surface area contributed by atoms with Gasteiger partial charge in [0.05, 0.1) is 23.6 Å². The fourth-order valence-corrected chi connectivity index (χ4v) is 8.51. The molecule has 0 spiro atoms. The molecule has 51 heavy (non-hydrogen) atoms. The molecule has 0 radical (unpaired) electrons. The molecule has 0 aliphatic heterocycles. The molecule has 11 aromatic rings. The first-order valence-corrected chi connectivity index (χ1v) is 17.4. The van der Waals surface area contributed by atoms with E-state index in [1.54, 1.807) is 11.3 Å². The van der Waals surface area contributed by atoms with Crippen molar-refractivity contribution >= 4 is 75.3 Å². The van der Waals surface area contributed by atoms with Crippen molar-refractivity contribution in [2.45, 2.75) is 0 Å². The van der Waals surface area contributed by atoms with Gasteiger partial charge < -0.3 is 8.98 Å². The van der Waals surface area contributed by atoms with Crippen LogP contribution in [-0.2, 0) is 0 Å². The van der Waals surface area contributed by atoms with Crippen molar-refractivity contribution in [2.75, 3.05) is 0 Å². The number of fused-ring (bicyclic) bond motifs is 9. The standard InChI is InChI=1S/C45H26N4OS/c1-2-12-27(13-3-1)43-46-44(48-45(47-43)34-19-10-18-33-31-16-6-9-23-40(31)51-42(33)34)28-24-25-39-35(26-28)32-17-11-22-38(41(32)50-39)49-36-20-7-4-14-29(36)30-15-5-8-21-37(30)49/h1-26H/i1D,2D,3D,12D,13D. The normalized spacial score (nSPS) is 13.3. The topological polar surface area (TPSA) is 56.7 Å². The Morgan fingerprint density at radius 1 is 0.529 bits per heavy atom. The lowest BCUT2D eigenvalue weighted by Gasteiger charge is -2.09. The molecular formula is C45H26N4OS. The van der Waals surface area contributed by atoms with Crippen LogP contribution in [-0.4, -0.2) is 19.5 Å². The van der Waals surface area contributed by atoms with Crippen LogP contribution in [0.5, 0.6) is 0 Å². The Labute approximate surface area is 302 Å². The van der Waals surface area contributed by atoms with Crippen LogP contribution in [0, 0.1) is 0 Å². The molecule has 0 unspecified atom stereocenters. The van der Waals surface area contributed by atoms with E-state index in [0.717, 1.165) is 69.6 Å². The highest BCUT2D eigenvalue weighted by Crippen LogP contribution is 2.41. The summed E-state index contributed by atoms with van der Waals surface area (Å²) in [5.41, 5.74) is 5.82. The van der Waals surface area contributed by atoms with E-state index in [1.165, 1.54) is 0 Å². The number of aromatic nitrogens is 4. The van der Waals surface area contributed by atoms with Gasteiger partial charge in [0.1, 0.15) is 5.58 Å². The van der Waals surface area contributed by atoms with Crippen LogP contribution in [0.4, 0.5) is 0 Å². The predicted octanol–water partition coefficient (Wildman–Crippen LogP) is 12.2. The minimum atomic E-state index is -0.481. The molecule has 4 aromatic heterocycles. The van der Waals surface area contributed by atoms with Gasteiger partial charge in [0.15, 0.2) is 23.1 Å². The molecule has 0 aliphatic rings. The largest absolute Gasteiger partial charge is 0.454 e. The van der Waals surface area contributed by atoms with Crippen LogP contribution in [0.25, 0.3) is 104 Å². The highest BCUT2D eigenvalue weighted by Gasteiger charge is 2.20. The molecule has 0 aliphatic carbocycles. The first-order valence-electron chi connectivity index (χ1n) is 19.0. The number of rotatable bonds is 4. The third-order valence-corrected chi connectivity index (χ3v) is 10.8. The van der Waals surface area contributed by atoms with Crippen LogP contribution in [0.15, 0.2) is 162 Å². The smallest absolute Gasteiger partial charge is 0.165 e. The molecule has 238 valence electrons. The van der Waals surface area contributed by atoms with E-state index in [1.807, 2.05) is 66.7 Å². The van der Waals surface area contributed by atoms with Crippen molar-refractivity contribution in [2.24, 2.45) is 0 Å². The fourth-order valence-electron chi connectivity index (χ4n) is 7.30. The number of furan rings is 1. The Hall–Kier alpha value is -6.63. The van der Waals surface area contributed by atoms with Crippen LogP contribution >= 0.6 is 11.3 Å². The minimum Gasteiger partial charge on any atom is -0.454 e. The molecule has 11 rings (SSSR count). The van der Waals surface area contributed by atoms with E-state index < -0.39 is 18.1 Å².